The fraction of sp³-hybridized carbons (Fsp3) is 0.600. The Bertz CT molecular complexity index is 1510. The Morgan fingerprint density at radius 1 is 1.09 bits per heavy atom. The van der Waals surface area contributed by atoms with Crippen molar-refractivity contribution in [2.75, 3.05) is 13.2 Å². The second-order valence-electron chi connectivity index (χ2n) is 14.0. The summed E-state index contributed by atoms with van der Waals surface area (Å²) in [5.74, 6) is -1.16. The molecule has 3 saturated carbocycles. The summed E-state index contributed by atoms with van der Waals surface area (Å²) in [5, 5.41) is 27.3. The molecule has 6 rings (SSSR count). The zero-order valence-corrected chi connectivity index (χ0v) is 25.7. The van der Waals surface area contributed by atoms with Crippen molar-refractivity contribution >= 4 is 34.3 Å². The number of H-pyrrole nitrogens is 1. The molecule has 0 bridgehead atoms. The number of ketones is 2. The van der Waals surface area contributed by atoms with Crippen molar-refractivity contribution in [3.8, 4) is 0 Å². The molecule has 1 aromatic carbocycles. The summed E-state index contributed by atoms with van der Waals surface area (Å²) in [5.41, 5.74) is 0.481. The van der Waals surface area contributed by atoms with Crippen LogP contribution in [0.15, 0.2) is 42.1 Å². The molecular weight excluding hydrogens is 560 g/mol. The Kier molecular flexibility index (Phi) is 8.07. The summed E-state index contributed by atoms with van der Waals surface area (Å²) in [6, 6.07) is 7.96. The molecule has 4 N–H and O–H groups in total. The van der Waals surface area contributed by atoms with Crippen LogP contribution < -0.4 is 5.32 Å². The molecule has 3 fully saturated rings. The summed E-state index contributed by atoms with van der Waals surface area (Å²) < 4.78 is 5.26. The molecule has 0 aliphatic heterocycles. The number of para-hydroxylation sites is 1. The van der Waals surface area contributed by atoms with Crippen molar-refractivity contribution < 1.29 is 34.1 Å². The van der Waals surface area contributed by atoms with Crippen LogP contribution in [0.3, 0.4) is 0 Å². The number of esters is 1. The number of allylic oxidation sites excluding steroid dienone is 1. The maximum absolute atomic E-state index is 13.5. The van der Waals surface area contributed by atoms with Gasteiger partial charge in [0.1, 0.15) is 5.60 Å². The van der Waals surface area contributed by atoms with E-state index in [1.54, 1.807) is 6.08 Å². The molecule has 4 aliphatic rings. The Labute approximate surface area is 257 Å². The number of Topliss-reactive ketones (excluding diaryl/α,β-unsaturated/α-hetero) is 1. The third-order valence-corrected chi connectivity index (χ3v) is 11.8. The molecule has 0 saturated heterocycles. The maximum atomic E-state index is 13.5. The van der Waals surface area contributed by atoms with Crippen molar-refractivity contribution in [3.05, 3.63) is 47.7 Å². The minimum absolute atomic E-state index is 0.0162. The number of aliphatic hydroxyl groups is 2. The number of ether oxygens (including phenoxy) is 1. The van der Waals surface area contributed by atoms with E-state index in [1.807, 2.05) is 37.4 Å². The first kappa shape index (κ1) is 30.7. The number of hydrogen-bond acceptors (Lipinski definition) is 7. The Morgan fingerprint density at radius 3 is 2.70 bits per heavy atom. The van der Waals surface area contributed by atoms with Crippen LogP contribution in [-0.2, 0) is 30.3 Å². The number of fused-ring (bicyclic) bond motifs is 6. The summed E-state index contributed by atoms with van der Waals surface area (Å²) in [6.45, 7) is 3.95. The summed E-state index contributed by atoms with van der Waals surface area (Å²) in [7, 11) is 0. The van der Waals surface area contributed by atoms with Gasteiger partial charge in [0.25, 0.3) is 0 Å². The first-order valence-corrected chi connectivity index (χ1v) is 16.1. The van der Waals surface area contributed by atoms with Gasteiger partial charge in [0, 0.05) is 41.9 Å². The van der Waals surface area contributed by atoms with Crippen LogP contribution >= 0.6 is 0 Å². The number of nitrogens with one attached hydrogen (secondary N) is 2. The highest BCUT2D eigenvalue weighted by atomic mass is 16.5. The van der Waals surface area contributed by atoms with E-state index >= 15 is 0 Å². The fourth-order valence-corrected chi connectivity index (χ4v) is 9.47. The number of rotatable bonds is 9. The molecule has 1 aromatic heterocycles. The van der Waals surface area contributed by atoms with Crippen molar-refractivity contribution in [1.29, 1.82) is 0 Å². The van der Waals surface area contributed by atoms with Crippen LogP contribution in [0.25, 0.3) is 10.9 Å². The van der Waals surface area contributed by atoms with Crippen molar-refractivity contribution in [2.45, 2.75) is 89.8 Å². The summed E-state index contributed by atoms with van der Waals surface area (Å²) >= 11 is 0. The molecule has 9 nitrogen and oxygen atoms in total. The molecule has 9 heteroatoms. The van der Waals surface area contributed by atoms with Gasteiger partial charge in [0.15, 0.2) is 12.4 Å². The van der Waals surface area contributed by atoms with E-state index in [0.717, 1.165) is 41.3 Å². The molecule has 4 aliphatic carbocycles. The Hall–Kier alpha value is -3.30. The van der Waals surface area contributed by atoms with E-state index in [2.05, 4.69) is 17.2 Å². The highest BCUT2D eigenvalue weighted by molar-refractivity contribution is 5.92. The Morgan fingerprint density at radius 2 is 1.89 bits per heavy atom. The van der Waals surface area contributed by atoms with E-state index in [1.165, 1.54) is 0 Å². The largest absolute Gasteiger partial charge is 0.458 e. The minimum atomic E-state index is -1.71. The minimum Gasteiger partial charge on any atom is -0.458 e. The van der Waals surface area contributed by atoms with E-state index in [0.29, 0.717) is 25.8 Å². The zero-order valence-electron chi connectivity index (χ0n) is 25.7. The highest BCUT2D eigenvalue weighted by Gasteiger charge is 2.68. The lowest BCUT2D eigenvalue weighted by molar-refractivity contribution is -0.184. The van der Waals surface area contributed by atoms with Gasteiger partial charge in [-0.15, -0.1) is 0 Å². The maximum Gasteiger partial charge on any atom is 0.306 e. The molecule has 0 radical (unpaired) electrons. The molecular formula is C35H44N2O7. The molecule has 44 heavy (non-hydrogen) atoms. The molecule has 0 spiro atoms. The van der Waals surface area contributed by atoms with E-state index in [-0.39, 0.29) is 60.5 Å². The predicted molar refractivity (Wildman–Crippen MR) is 163 cm³/mol. The smallest absolute Gasteiger partial charge is 0.306 e. The number of aliphatic hydroxyl groups excluding tert-OH is 1. The van der Waals surface area contributed by atoms with Crippen LogP contribution in [0.4, 0.5) is 0 Å². The number of benzene rings is 1. The van der Waals surface area contributed by atoms with Crippen LogP contribution in [0.2, 0.25) is 0 Å². The van der Waals surface area contributed by atoms with Gasteiger partial charge in [0.05, 0.1) is 12.5 Å². The summed E-state index contributed by atoms with van der Waals surface area (Å²) in [6.07, 6.45) is 7.47. The SMILES string of the molecule is C[C@]12CCC(=O)C=C1CC[C@H]1[C@H]2[C@@H](O)C[C@@]2(C)[C@H]1CC[C@]2(O)C(=O)COC(=O)CCC(=O)NCCc1c[nH]c2ccccc12. The number of carbonyl (C=O) groups excluding carboxylic acids is 4. The van der Waals surface area contributed by atoms with Crippen molar-refractivity contribution in [1.82, 2.24) is 10.3 Å². The fourth-order valence-electron chi connectivity index (χ4n) is 9.47. The van der Waals surface area contributed by atoms with Gasteiger partial charge in [0.2, 0.25) is 11.7 Å². The normalized spacial score (nSPS) is 34.5. The highest BCUT2D eigenvalue weighted by Crippen LogP contribution is 2.67. The van der Waals surface area contributed by atoms with Crippen LogP contribution in [0.5, 0.6) is 0 Å². The topological polar surface area (TPSA) is 146 Å². The average molecular weight is 605 g/mol. The lowest BCUT2D eigenvalue weighted by Crippen LogP contribution is -2.62. The number of aromatic amines is 1. The van der Waals surface area contributed by atoms with Gasteiger partial charge in [-0.2, -0.15) is 0 Å². The van der Waals surface area contributed by atoms with E-state index in [9.17, 15) is 29.4 Å². The van der Waals surface area contributed by atoms with E-state index in [4.69, 9.17) is 4.74 Å². The number of aromatic nitrogens is 1. The third kappa shape index (κ3) is 5.11. The third-order valence-electron chi connectivity index (χ3n) is 11.8. The first-order valence-electron chi connectivity index (χ1n) is 16.1. The number of carbonyl (C=O) groups is 4. The first-order chi connectivity index (χ1) is 21.0. The quantitative estimate of drug-likeness (QED) is 0.317. The second kappa shape index (κ2) is 11.6. The molecule has 7 atom stereocenters. The summed E-state index contributed by atoms with van der Waals surface area (Å²) in [4.78, 5) is 53.6. The second-order valence-corrected chi connectivity index (χ2v) is 14.0. The molecule has 236 valence electrons. The van der Waals surface area contributed by atoms with Gasteiger partial charge in [-0.25, -0.2) is 0 Å². The lowest BCUT2D eigenvalue weighted by atomic mass is 9.45. The zero-order chi connectivity index (χ0) is 31.3. The lowest BCUT2D eigenvalue weighted by Gasteiger charge is -2.60. The van der Waals surface area contributed by atoms with Gasteiger partial charge in [-0.3, -0.25) is 19.2 Å². The Balaban J connectivity index is 1.00. The standard InChI is InChI=1S/C35H44N2O7/c1-33-14-11-23(38)17-22(33)7-8-25-26-12-15-35(43,34(26,2)18-28(39)32(25)33)29(40)20-44-31(42)10-9-30(41)36-16-13-21-19-37-27-6-4-3-5-24(21)27/h3-6,17,19,25-26,28,32,37,39,43H,7-16,18,20H2,1-2H3,(H,36,41)/t25-,26+,28+,32+,33+,34+,35+/m1/s1. The van der Waals surface area contributed by atoms with Crippen LogP contribution in [0.1, 0.15) is 77.2 Å². The van der Waals surface area contributed by atoms with Crippen molar-refractivity contribution in [2.24, 2.45) is 28.6 Å². The van der Waals surface area contributed by atoms with Gasteiger partial charge in [-0.05, 0) is 85.8 Å². The van der Waals surface area contributed by atoms with Crippen molar-refractivity contribution in [3.63, 3.8) is 0 Å². The molecule has 1 amide bonds. The molecule has 1 heterocycles. The number of hydrogen-bond donors (Lipinski definition) is 4. The van der Waals surface area contributed by atoms with Gasteiger partial charge < -0.3 is 25.3 Å². The van der Waals surface area contributed by atoms with Crippen LogP contribution in [-0.4, -0.2) is 63.5 Å². The monoisotopic (exact) mass is 604 g/mol. The van der Waals surface area contributed by atoms with Crippen LogP contribution in [0, 0.1) is 28.6 Å². The predicted octanol–water partition coefficient (Wildman–Crippen LogP) is 3.95. The van der Waals surface area contributed by atoms with E-state index < -0.39 is 35.5 Å². The van der Waals surface area contributed by atoms with Gasteiger partial charge >= 0.3 is 5.97 Å². The van der Waals surface area contributed by atoms with Gasteiger partial charge in [-0.1, -0.05) is 37.6 Å². The average Bonchev–Trinajstić information content (AvgIpc) is 3.53. The molecule has 0 unspecified atom stereocenters. The number of amides is 1. The molecule has 2 aromatic rings.